The summed E-state index contributed by atoms with van der Waals surface area (Å²) in [5, 5.41) is 5.85. The van der Waals surface area contributed by atoms with Crippen LogP contribution in [0.15, 0.2) is 59.6 Å². The number of anilines is 1. The average molecular weight is 583 g/mol. The minimum Gasteiger partial charge on any atom is -0.497 e. The number of fused-ring (bicyclic) bond motifs is 7. The fourth-order valence-electron chi connectivity index (χ4n) is 4.67. The molecular weight excluding hydrogens is 552 g/mol. The van der Waals surface area contributed by atoms with E-state index in [4.69, 9.17) is 18.9 Å². The van der Waals surface area contributed by atoms with Crippen molar-refractivity contribution in [2.75, 3.05) is 45.1 Å². The summed E-state index contributed by atoms with van der Waals surface area (Å²) in [6.45, 7) is 0.665. The highest BCUT2D eigenvalue weighted by atomic mass is 32.2. The fourth-order valence-corrected chi connectivity index (χ4v) is 5.23. The average Bonchev–Trinajstić information content (AvgIpc) is 3.35. The van der Waals surface area contributed by atoms with Gasteiger partial charge in [-0.15, -0.1) is 0 Å². The summed E-state index contributed by atoms with van der Waals surface area (Å²) in [6, 6.07) is 12.7. The lowest BCUT2D eigenvalue weighted by atomic mass is 10.1. The van der Waals surface area contributed by atoms with Crippen LogP contribution >= 0.6 is 0 Å². The van der Waals surface area contributed by atoms with E-state index in [9.17, 15) is 18.0 Å². The molecule has 3 aromatic rings. The molecule has 12 nitrogen and oxygen atoms in total. The molecule has 1 saturated heterocycles. The first-order valence-corrected chi connectivity index (χ1v) is 14.7. The maximum Gasteiger partial charge on any atom is 0.258 e. The number of amides is 2. The van der Waals surface area contributed by atoms with Gasteiger partial charge in [-0.25, -0.2) is 13.4 Å². The van der Waals surface area contributed by atoms with Gasteiger partial charge < -0.3 is 34.5 Å². The largest absolute Gasteiger partial charge is 0.497 e. The van der Waals surface area contributed by atoms with E-state index in [-0.39, 0.29) is 29.5 Å². The lowest BCUT2D eigenvalue weighted by Crippen LogP contribution is -2.45. The molecule has 4 bridgehead atoms. The van der Waals surface area contributed by atoms with Crippen LogP contribution in [0.5, 0.6) is 23.0 Å². The third-order valence-electron chi connectivity index (χ3n) is 6.83. The first kappa shape index (κ1) is 28.0. The third-order valence-corrected chi connectivity index (χ3v) is 7.92. The summed E-state index contributed by atoms with van der Waals surface area (Å²) >= 11 is 0. The summed E-state index contributed by atoms with van der Waals surface area (Å²) in [4.78, 5) is 32.3. The Hall–Kier alpha value is -4.52. The molecule has 3 aliphatic heterocycles. The molecular formula is C28H30N4O8S. The quantitative estimate of drug-likeness (QED) is 0.465. The number of aromatic nitrogens is 1. The highest BCUT2D eigenvalue weighted by Crippen LogP contribution is 2.29. The smallest absolute Gasteiger partial charge is 0.258 e. The van der Waals surface area contributed by atoms with Crippen molar-refractivity contribution in [3.8, 4) is 23.0 Å². The Kier molecular flexibility index (Phi) is 7.88. The predicted octanol–water partition coefficient (Wildman–Crippen LogP) is 1.58. The number of rotatable bonds is 4. The van der Waals surface area contributed by atoms with Crippen molar-refractivity contribution < 1.29 is 37.0 Å². The van der Waals surface area contributed by atoms with E-state index in [1.54, 1.807) is 36.4 Å². The number of hydrogen-bond acceptors (Lipinski definition) is 10. The maximum absolute atomic E-state index is 13.4. The number of nitrogens with one attached hydrogen (secondary N) is 2. The molecule has 0 spiro atoms. The van der Waals surface area contributed by atoms with Crippen molar-refractivity contribution in [1.29, 1.82) is 0 Å². The number of benzene rings is 2. The topological polar surface area (TPSA) is 145 Å². The predicted molar refractivity (Wildman–Crippen MR) is 149 cm³/mol. The van der Waals surface area contributed by atoms with E-state index in [2.05, 4.69) is 15.6 Å². The van der Waals surface area contributed by atoms with Gasteiger partial charge in [0.05, 0.1) is 31.7 Å². The first-order chi connectivity index (χ1) is 19.6. The van der Waals surface area contributed by atoms with Gasteiger partial charge in [-0.05, 0) is 36.4 Å². The number of carbonyl (C=O) groups is 2. The maximum atomic E-state index is 13.4. The van der Waals surface area contributed by atoms with Crippen molar-refractivity contribution in [1.82, 2.24) is 15.6 Å². The molecule has 0 unspecified atom stereocenters. The van der Waals surface area contributed by atoms with Crippen LogP contribution in [0, 0.1) is 0 Å². The van der Waals surface area contributed by atoms with Crippen molar-refractivity contribution in [3.05, 3.63) is 65.9 Å². The Morgan fingerprint density at radius 2 is 1.83 bits per heavy atom. The summed E-state index contributed by atoms with van der Waals surface area (Å²) in [5.74, 6) is 1.54. The Morgan fingerprint density at radius 3 is 2.54 bits per heavy atom. The van der Waals surface area contributed by atoms with E-state index in [0.717, 1.165) is 11.8 Å². The number of methoxy groups -OCH3 is 2. The Balaban J connectivity index is 1.49. The Labute approximate surface area is 237 Å². The van der Waals surface area contributed by atoms with Gasteiger partial charge in [0.25, 0.3) is 11.8 Å². The van der Waals surface area contributed by atoms with Gasteiger partial charge >= 0.3 is 0 Å². The lowest BCUT2D eigenvalue weighted by molar-refractivity contribution is -0.123. The molecule has 1 fully saturated rings. The molecule has 13 heteroatoms. The summed E-state index contributed by atoms with van der Waals surface area (Å²) < 4.78 is 46.7. The van der Waals surface area contributed by atoms with Gasteiger partial charge in [0.15, 0.2) is 16.4 Å². The summed E-state index contributed by atoms with van der Waals surface area (Å²) in [6.07, 6.45) is 1.94. The van der Waals surface area contributed by atoms with Crippen LogP contribution in [0.1, 0.15) is 15.9 Å². The second kappa shape index (κ2) is 11.5. The van der Waals surface area contributed by atoms with E-state index < -0.39 is 27.9 Å². The van der Waals surface area contributed by atoms with E-state index in [1.807, 2.05) is 4.90 Å². The molecule has 41 heavy (non-hydrogen) atoms. The monoisotopic (exact) mass is 582 g/mol. The molecule has 3 aliphatic rings. The highest BCUT2D eigenvalue weighted by Gasteiger charge is 2.37. The molecule has 2 N–H and O–H groups in total. The number of sulfone groups is 1. The zero-order chi connectivity index (χ0) is 29.1. The minimum atomic E-state index is -3.39. The zero-order valence-corrected chi connectivity index (χ0v) is 23.6. The van der Waals surface area contributed by atoms with Crippen LogP contribution in [0.25, 0.3) is 0 Å². The van der Waals surface area contributed by atoms with E-state index >= 15 is 0 Å². The van der Waals surface area contributed by atoms with Gasteiger partial charge in [0, 0.05) is 48.8 Å². The third kappa shape index (κ3) is 6.46. The number of nitrogens with zero attached hydrogens (tertiary/aromatic N) is 2. The zero-order valence-electron chi connectivity index (χ0n) is 22.7. The Bertz CT molecular complexity index is 1560. The van der Waals surface area contributed by atoms with Gasteiger partial charge in [0.2, 0.25) is 0 Å². The Morgan fingerprint density at radius 1 is 1.00 bits per heavy atom. The van der Waals surface area contributed by atoms with Gasteiger partial charge in [-0.2, -0.15) is 0 Å². The molecule has 0 aliphatic carbocycles. The van der Waals surface area contributed by atoms with Crippen molar-refractivity contribution in [2.45, 2.75) is 23.6 Å². The fraction of sp³-hybridized carbons (Fsp3) is 0.321. The lowest BCUT2D eigenvalue weighted by Gasteiger charge is -2.22. The number of ether oxygens (including phenoxy) is 4. The van der Waals surface area contributed by atoms with Crippen LogP contribution in [0.2, 0.25) is 0 Å². The number of pyridine rings is 1. The second-order valence-corrected chi connectivity index (χ2v) is 11.7. The molecule has 4 heterocycles. The van der Waals surface area contributed by atoms with Crippen LogP contribution in [0.4, 0.5) is 5.82 Å². The first-order valence-electron chi connectivity index (χ1n) is 12.8. The van der Waals surface area contributed by atoms with Gasteiger partial charge in [0.1, 0.15) is 34.9 Å². The van der Waals surface area contributed by atoms with Crippen LogP contribution in [0.3, 0.4) is 0 Å². The molecule has 2 amide bonds. The van der Waals surface area contributed by atoms with Gasteiger partial charge in [-0.3, -0.25) is 9.59 Å². The highest BCUT2D eigenvalue weighted by molar-refractivity contribution is 7.90. The van der Waals surface area contributed by atoms with Crippen molar-refractivity contribution in [2.24, 2.45) is 0 Å². The number of carbonyl (C=O) groups excluding carboxylic acids is 2. The molecule has 2 aromatic carbocycles. The number of hydrogen-bond donors (Lipinski definition) is 2. The second-order valence-electron chi connectivity index (χ2n) is 9.70. The van der Waals surface area contributed by atoms with E-state index in [0.29, 0.717) is 41.9 Å². The summed E-state index contributed by atoms with van der Waals surface area (Å²) in [5.41, 5.74) is 1.02. The molecule has 216 valence electrons. The molecule has 0 saturated carbocycles. The summed E-state index contributed by atoms with van der Waals surface area (Å²) in [7, 11) is -0.391. The molecule has 0 radical (unpaired) electrons. The van der Waals surface area contributed by atoms with Crippen LogP contribution in [-0.4, -0.2) is 77.5 Å². The molecule has 2 atom stereocenters. The van der Waals surface area contributed by atoms with Gasteiger partial charge in [-0.1, -0.05) is 0 Å². The van der Waals surface area contributed by atoms with Crippen molar-refractivity contribution in [3.63, 3.8) is 0 Å². The SMILES string of the molecule is COc1cc2cc(c1)C(=O)N[C@H]1CN(c3ccc(S(C)(=O)=O)cn3)C[C@@H]1Oc1ccc(c(OC)c1)CNC(=O)CO2. The molecule has 6 rings (SSSR count). The van der Waals surface area contributed by atoms with Crippen LogP contribution < -0.4 is 34.5 Å². The normalized spacial score (nSPS) is 19.2. The standard InChI is InChI=1S/C28H30N4O8S/c1-37-20-8-18-9-21(10-20)39-16-27(33)30-12-17-4-5-19(11-24(17)38-2)40-25-15-32(14-23(25)31-28(18)34)26-7-6-22(13-29-26)41(3,35)36/h4-11,13,23,25H,12,14-16H2,1-3H3,(H,30,33)(H,31,34)/t23-,25-/m0/s1. The molecule has 1 aromatic heterocycles. The van der Waals surface area contributed by atoms with Crippen LogP contribution in [-0.2, 0) is 21.2 Å². The van der Waals surface area contributed by atoms with Crippen molar-refractivity contribution >= 4 is 27.5 Å². The van der Waals surface area contributed by atoms with E-state index in [1.165, 1.54) is 32.5 Å². The minimum absolute atomic E-state index is 0.116.